The molecule has 1 aliphatic rings. The fraction of sp³-hybridized carbons (Fsp3) is 0.636. The van der Waals surface area contributed by atoms with Gasteiger partial charge in [-0.15, -0.1) is 0 Å². The third kappa shape index (κ3) is 6.85. The van der Waals surface area contributed by atoms with E-state index in [0.29, 0.717) is 13.3 Å². The van der Waals surface area contributed by atoms with Crippen molar-refractivity contribution in [3.8, 4) is 0 Å². The molecule has 2 heterocycles. The lowest BCUT2D eigenvalue weighted by atomic mass is 10.2. The van der Waals surface area contributed by atoms with Gasteiger partial charge in [-0.25, -0.2) is 18.0 Å². The third-order valence-corrected chi connectivity index (χ3v) is 8.21. The average Bonchev–Trinajstić information content (AvgIpc) is 2.82. The van der Waals surface area contributed by atoms with Crippen molar-refractivity contribution in [3.05, 3.63) is 22.7 Å². The molecule has 1 aromatic rings. The fourth-order valence-electron chi connectivity index (χ4n) is 2.35. The number of aromatic nitrogens is 2. The Morgan fingerprint density at radius 3 is 2.54 bits per heavy atom. The van der Waals surface area contributed by atoms with Gasteiger partial charge in [-0.1, -0.05) is 0 Å². The molecule has 1 aromatic heterocycles. The summed E-state index contributed by atoms with van der Waals surface area (Å²) in [5.74, 6) is 0.00349. The average molecular weight is 463 g/mol. The summed E-state index contributed by atoms with van der Waals surface area (Å²) in [4.78, 5) is 34.0. The van der Waals surface area contributed by atoms with Crippen molar-refractivity contribution in [2.24, 2.45) is 0 Å². The topological polar surface area (TPSA) is 210 Å². The molecule has 0 aliphatic carbocycles. The van der Waals surface area contributed by atoms with Crippen LogP contribution in [0.5, 0.6) is 0 Å². The zero-order chi connectivity index (χ0) is 21.3. The van der Waals surface area contributed by atoms with E-state index in [9.17, 15) is 28.5 Å². The van der Waals surface area contributed by atoms with E-state index in [1.165, 1.54) is 12.3 Å². The van der Waals surface area contributed by atoms with E-state index in [-0.39, 0.29) is 12.2 Å². The van der Waals surface area contributed by atoms with Gasteiger partial charge >= 0.3 is 28.7 Å². The van der Waals surface area contributed by atoms with E-state index in [4.69, 9.17) is 15.4 Å². The van der Waals surface area contributed by atoms with Crippen LogP contribution in [0.2, 0.25) is 0 Å². The van der Waals surface area contributed by atoms with Crippen LogP contribution in [-0.2, 0) is 31.6 Å². The molecule has 0 bridgehead atoms. The molecule has 160 valence electrons. The quantitative estimate of drug-likeness (QED) is 0.382. The number of nitrogen functional groups attached to an aromatic ring is 1. The van der Waals surface area contributed by atoms with Gasteiger partial charge in [0.15, 0.2) is 0 Å². The highest BCUT2D eigenvalue weighted by atomic mass is 31.3. The first-order valence-electron chi connectivity index (χ1n) is 7.63. The van der Waals surface area contributed by atoms with E-state index in [1.54, 1.807) is 0 Å². The van der Waals surface area contributed by atoms with Gasteiger partial charge in [0.05, 0.1) is 12.7 Å². The van der Waals surface area contributed by atoms with Gasteiger partial charge in [0.2, 0.25) is 0 Å². The van der Waals surface area contributed by atoms with Crippen LogP contribution in [0.15, 0.2) is 17.1 Å². The molecule has 14 nitrogen and oxygen atoms in total. The van der Waals surface area contributed by atoms with E-state index in [1.807, 2.05) is 0 Å². The molecule has 6 atom stereocenters. The SMILES string of the molecule is CP(=O)(O)O[P@](C)(=O)OP(=O)(O)OC[C@H]1O[C@@H](n2ccc(N)nc2=O)C[C@@H]1O. The Morgan fingerprint density at radius 2 is 1.96 bits per heavy atom. The minimum atomic E-state index is -5.00. The van der Waals surface area contributed by atoms with Gasteiger partial charge in [-0.2, -0.15) is 4.98 Å². The Morgan fingerprint density at radius 1 is 1.32 bits per heavy atom. The summed E-state index contributed by atoms with van der Waals surface area (Å²) in [6.07, 6.45) is -1.97. The van der Waals surface area contributed by atoms with Crippen LogP contribution in [0.1, 0.15) is 12.6 Å². The van der Waals surface area contributed by atoms with E-state index in [0.717, 1.165) is 4.57 Å². The number of hydrogen-bond donors (Lipinski definition) is 4. The first kappa shape index (κ1) is 23.4. The molecule has 1 saturated heterocycles. The highest BCUT2D eigenvalue weighted by Crippen LogP contribution is 2.66. The van der Waals surface area contributed by atoms with Crippen molar-refractivity contribution in [1.82, 2.24) is 9.55 Å². The lowest BCUT2D eigenvalue weighted by molar-refractivity contribution is -0.0447. The molecule has 0 amide bonds. The van der Waals surface area contributed by atoms with Crippen LogP contribution in [0.4, 0.5) is 5.82 Å². The minimum absolute atomic E-state index is 0.00349. The molecular weight excluding hydrogens is 443 g/mol. The number of anilines is 1. The first-order valence-corrected chi connectivity index (χ1v) is 13.1. The molecule has 1 aliphatic heterocycles. The maximum Gasteiger partial charge on any atom is 0.479 e. The molecule has 0 aromatic carbocycles. The Labute approximate surface area is 158 Å². The second kappa shape index (κ2) is 8.45. The summed E-state index contributed by atoms with van der Waals surface area (Å²) < 4.78 is 54.6. The van der Waals surface area contributed by atoms with Gasteiger partial charge in [-0.05, 0) is 6.07 Å². The molecule has 1 fully saturated rings. The van der Waals surface area contributed by atoms with Crippen molar-refractivity contribution in [2.45, 2.75) is 24.9 Å². The number of rotatable bonds is 8. The summed E-state index contributed by atoms with van der Waals surface area (Å²) in [7, 11) is -13.7. The van der Waals surface area contributed by atoms with Gasteiger partial charge in [0.1, 0.15) is 18.1 Å². The highest BCUT2D eigenvalue weighted by Gasteiger charge is 2.40. The zero-order valence-electron chi connectivity index (χ0n) is 14.7. The van der Waals surface area contributed by atoms with E-state index < -0.39 is 53.7 Å². The number of phosphoric acid groups is 1. The first-order chi connectivity index (χ1) is 12.7. The second-order valence-corrected chi connectivity index (χ2v) is 11.6. The Balaban J connectivity index is 1.98. The molecule has 17 heteroatoms. The summed E-state index contributed by atoms with van der Waals surface area (Å²) in [5, 5.41) is 10.0. The van der Waals surface area contributed by atoms with Gasteiger partial charge < -0.3 is 25.4 Å². The number of hydrogen-bond acceptors (Lipinski definition) is 11. The van der Waals surface area contributed by atoms with Crippen LogP contribution in [0.3, 0.4) is 0 Å². The van der Waals surface area contributed by atoms with Gasteiger partial charge in [0, 0.05) is 25.9 Å². The normalized spacial score (nSPS) is 29.0. The number of nitrogens with zero attached hydrogens (tertiary/aromatic N) is 2. The Kier molecular flexibility index (Phi) is 7.05. The monoisotopic (exact) mass is 463 g/mol. The van der Waals surface area contributed by atoms with Crippen molar-refractivity contribution in [2.75, 3.05) is 25.7 Å². The van der Waals surface area contributed by atoms with Crippen LogP contribution in [-0.4, -0.2) is 56.6 Å². The predicted octanol–water partition coefficient (Wildman–Crippen LogP) is 0.262. The number of aliphatic hydroxyl groups is 1. The smallest absolute Gasteiger partial charge is 0.390 e. The molecule has 0 saturated carbocycles. The maximum absolute atomic E-state index is 11.9. The maximum atomic E-state index is 11.9. The minimum Gasteiger partial charge on any atom is -0.390 e. The number of ether oxygens (including phenoxy) is 1. The molecule has 5 N–H and O–H groups in total. The molecule has 0 radical (unpaired) electrons. The van der Waals surface area contributed by atoms with Crippen molar-refractivity contribution in [1.29, 1.82) is 0 Å². The lowest BCUT2D eigenvalue weighted by Gasteiger charge is -2.20. The predicted molar refractivity (Wildman–Crippen MR) is 94.7 cm³/mol. The fourth-order valence-corrected chi connectivity index (χ4v) is 6.96. The van der Waals surface area contributed by atoms with E-state index in [2.05, 4.69) is 18.1 Å². The van der Waals surface area contributed by atoms with Crippen LogP contribution in [0.25, 0.3) is 0 Å². The summed E-state index contributed by atoms with van der Waals surface area (Å²) in [6.45, 7) is 0.751. The van der Waals surface area contributed by atoms with Crippen LogP contribution >= 0.6 is 23.0 Å². The van der Waals surface area contributed by atoms with Crippen molar-refractivity contribution >= 4 is 28.8 Å². The lowest BCUT2D eigenvalue weighted by Crippen LogP contribution is -2.28. The Bertz CT molecular complexity index is 915. The molecule has 2 rings (SSSR count). The molecule has 0 spiro atoms. The molecule has 2 unspecified atom stereocenters. The number of nitrogens with two attached hydrogens (primary N) is 1. The van der Waals surface area contributed by atoms with E-state index >= 15 is 0 Å². The van der Waals surface area contributed by atoms with Crippen molar-refractivity contribution in [3.63, 3.8) is 0 Å². The summed E-state index contributed by atoms with van der Waals surface area (Å²) in [6, 6.07) is 1.35. The summed E-state index contributed by atoms with van der Waals surface area (Å²) >= 11 is 0. The summed E-state index contributed by atoms with van der Waals surface area (Å²) in [5.41, 5.74) is 4.68. The highest BCUT2D eigenvalue weighted by molar-refractivity contribution is 7.70. The molecule has 28 heavy (non-hydrogen) atoms. The van der Waals surface area contributed by atoms with Gasteiger partial charge in [-0.3, -0.25) is 18.2 Å². The second-order valence-electron chi connectivity index (χ2n) is 5.98. The van der Waals surface area contributed by atoms with Crippen molar-refractivity contribution < 1.29 is 46.5 Å². The van der Waals surface area contributed by atoms with Crippen LogP contribution < -0.4 is 11.4 Å². The number of phosphoric ester groups is 1. The number of aliphatic hydroxyl groups excluding tert-OH is 1. The third-order valence-electron chi connectivity index (χ3n) is 3.32. The molecular formula is C11H20N3O11P3. The standard InChI is InChI=1S/C11H20N3O11P3/c1-26(17,18)24-27(2,19)25-28(20,21)22-6-8-7(15)5-10(23-8)14-4-3-9(12)13-11(14)16/h3-4,7-8,10,15H,5-6H2,1-2H3,(H,17,18)(H,20,21)(H2,12,13,16)/t7-,8+,10+,27-/m0/s1. The van der Waals surface area contributed by atoms with Gasteiger partial charge in [0.25, 0.3) is 0 Å². The zero-order valence-corrected chi connectivity index (χ0v) is 17.4. The van der Waals surface area contributed by atoms with Crippen LogP contribution in [0, 0.1) is 0 Å². The largest absolute Gasteiger partial charge is 0.479 e. The Hall–Kier alpha value is -0.910.